The predicted octanol–water partition coefficient (Wildman–Crippen LogP) is 2.29. The maximum atomic E-state index is 10.2. The Morgan fingerprint density at radius 1 is 1.22 bits per heavy atom. The third kappa shape index (κ3) is 11.1. The number of benzene rings is 1. The van der Waals surface area contributed by atoms with Gasteiger partial charge in [0.25, 0.3) is 0 Å². The smallest absolute Gasteiger partial charge is 0.304 e. The van der Waals surface area contributed by atoms with Gasteiger partial charge in [-0.05, 0) is 19.4 Å². The summed E-state index contributed by atoms with van der Waals surface area (Å²) in [6, 6.07) is 9.91. The van der Waals surface area contributed by atoms with Crippen LogP contribution in [-0.2, 0) is 16.1 Å². The van der Waals surface area contributed by atoms with E-state index in [2.05, 4.69) is 5.32 Å². The third-order valence-corrected chi connectivity index (χ3v) is 2.10. The Hall–Kier alpha value is -1.39. The van der Waals surface area contributed by atoms with Crippen LogP contribution in [0.5, 0.6) is 0 Å². The van der Waals surface area contributed by atoms with Crippen molar-refractivity contribution in [3.8, 4) is 0 Å². The molecular weight excluding hydrogens is 230 g/mol. The fourth-order valence-corrected chi connectivity index (χ4v) is 1.23. The Kier molecular flexibility index (Phi) is 11.1. The Morgan fingerprint density at radius 2 is 1.83 bits per heavy atom. The fraction of sp³-hybridized carbons (Fsp3) is 0.500. The minimum absolute atomic E-state index is 0.173. The zero-order chi connectivity index (χ0) is 13.6. The molecule has 1 aromatic carbocycles. The van der Waals surface area contributed by atoms with Gasteiger partial charge in [-0.25, -0.2) is 0 Å². The lowest BCUT2D eigenvalue weighted by Gasteiger charge is -2.01. The van der Waals surface area contributed by atoms with E-state index in [4.69, 9.17) is 9.84 Å². The first kappa shape index (κ1) is 16.6. The molecule has 1 rings (SSSR count). The van der Waals surface area contributed by atoms with Crippen LogP contribution >= 0.6 is 0 Å². The van der Waals surface area contributed by atoms with E-state index in [1.165, 1.54) is 5.56 Å². The van der Waals surface area contributed by atoms with Crippen molar-refractivity contribution < 1.29 is 14.6 Å². The number of nitrogens with one attached hydrogen (secondary N) is 1. The Morgan fingerprint density at radius 3 is 2.28 bits per heavy atom. The number of hydrogen-bond donors (Lipinski definition) is 2. The summed E-state index contributed by atoms with van der Waals surface area (Å²) in [5, 5.41) is 11.4. The average molecular weight is 253 g/mol. The Balaban J connectivity index is 0.000000494. The minimum atomic E-state index is -0.763. The summed E-state index contributed by atoms with van der Waals surface area (Å²) in [6.07, 6.45) is 0.173. The maximum absolute atomic E-state index is 10.2. The number of hydrogen-bond acceptors (Lipinski definition) is 3. The molecule has 102 valence electrons. The molecule has 0 atom stereocenters. The number of carboxylic acid groups (broad SMARTS) is 1. The lowest BCUT2D eigenvalue weighted by molar-refractivity contribution is -0.136. The van der Waals surface area contributed by atoms with Crippen LogP contribution in [0.25, 0.3) is 0 Å². The van der Waals surface area contributed by atoms with Crippen LogP contribution in [0.15, 0.2) is 30.3 Å². The molecule has 0 aliphatic carbocycles. The van der Waals surface area contributed by atoms with E-state index in [0.717, 1.165) is 19.8 Å². The van der Waals surface area contributed by atoms with Crippen LogP contribution in [0, 0.1) is 0 Å². The molecule has 0 radical (unpaired) electrons. The molecule has 4 nitrogen and oxygen atoms in total. The van der Waals surface area contributed by atoms with Crippen molar-refractivity contribution in [1.29, 1.82) is 0 Å². The number of aliphatic carboxylic acids is 1. The zero-order valence-electron chi connectivity index (χ0n) is 11.2. The normalized spacial score (nSPS) is 9.44. The van der Waals surface area contributed by atoms with Gasteiger partial charge in [0.05, 0.1) is 6.42 Å². The van der Waals surface area contributed by atoms with Crippen molar-refractivity contribution in [2.45, 2.75) is 26.8 Å². The van der Waals surface area contributed by atoms with Crippen molar-refractivity contribution >= 4 is 5.97 Å². The number of ether oxygens (including phenoxy) is 1. The van der Waals surface area contributed by atoms with E-state index in [-0.39, 0.29) is 6.42 Å². The van der Waals surface area contributed by atoms with Crippen molar-refractivity contribution in [1.82, 2.24) is 5.32 Å². The van der Waals surface area contributed by atoms with Gasteiger partial charge in [0, 0.05) is 26.3 Å². The Bertz CT molecular complexity index is 299. The van der Waals surface area contributed by atoms with Crippen molar-refractivity contribution in [3.63, 3.8) is 0 Å². The lowest BCUT2D eigenvalue weighted by Crippen LogP contribution is -2.17. The SMILES string of the molecule is CCOCC.O=C(O)CCNCc1ccccc1. The number of carbonyl (C=O) groups is 1. The van der Waals surface area contributed by atoms with Gasteiger partial charge in [-0.1, -0.05) is 30.3 Å². The van der Waals surface area contributed by atoms with Gasteiger partial charge in [-0.15, -0.1) is 0 Å². The highest BCUT2D eigenvalue weighted by Crippen LogP contribution is 1.96. The molecule has 0 amide bonds. The molecule has 0 heterocycles. The molecule has 0 fully saturated rings. The quantitative estimate of drug-likeness (QED) is 0.732. The summed E-state index contributed by atoms with van der Waals surface area (Å²) >= 11 is 0. The molecule has 4 heteroatoms. The number of carboxylic acids is 1. The molecule has 0 saturated carbocycles. The van der Waals surface area contributed by atoms with Gasteiger partial charge in [0.1, 0.15) is 0 Å². The maximum Gasteiger partial charge on any atom is 0.304 e. The fourth-order valence-electron chi connectivity index (χ4n) is 1.23. The van der Waals surface area contributed by atoms with Crippen LogP contribution < -0.4 is 5.32 Å². The van der Waals surface area contributed by atoms with Crippen LogP contribution in [0.1, 0.15) is 25.8 Å². The van der Waals surface area contributed by atoms with Gasteiger partial charge >= 0.3 is 5.97 Å². The van der Waals surface area contributed by atoms with Gasteiger partial charge in [-0.3, -0.25) is 4.79 Å². The molecule has 1 aromatic rings. The topological polar surface area (TPSA) is 58.6 Å². The van der Waals surface area contributed by atoms with Crippen molar-refractivity contribution in [2.24, 2.45) is 0 Å². The summed E-state index contributed by atoms with van der Waals surface area (Å²) in [6.45, 7) is 6.92. The van der Waals surface area contributed by atoms with E-state index in [9.17, 15) is 4.79 Å². The van der Waals surface area contributed by atoms with E-state index in [1.54, 1.807) is 0 Å². The Labute approximate surface area is 109 Å². The molecule has 18 heavy (non-hydrogen) atoms. The predicted molar refractivity (Wildman–Crippen MR) is 72.6 cm³/mol. The van der Waals surface area contributed by atoms with Crippen LogP contribution in [0.2, 0.25) is 0 Å². The lowest BCUT2D eigenvalue weighted by atomic mass is 10.2. The third-order valence-electron chi connectivity index (χ3n) is 2.10. The number of rotatable bonds is 7. The second-order valence-corrected chi connectivity index (χ2v) is 3.59. The average Bonchev–Trinajstić information content (AvgIpc) is 2.37. The van der Waals surface area contributed by atoms with Crippen molar-refractivity contribution in [3.05, 3.63) is 35.9 Å². The summed E-state index contributed by atoms with van der Waals surface area (Å²) in [5.74, 6) is -0.763. The molecule has 0 aliphatic rings. The zero-order valence-corrected chi connectivity index (χ0v) is 11.2. The summed E-state index contributed by atoms with van der Waals surface area (Å²) in [5.41, 5.74) is 1.17. The molecule has 0 unspecified atom stereocenters. The van der Waals surface area contributed by atoms with Gasteiger partial charge in [-0.2, -0.15) is 0 Å². The van der Waals surface area contributed by atoms with Crippen LogP contribution in [0.3, 0.4) is 0 Å². The van der Waals surface area contributed by atoms with E-state index < -0.39 is 5.97 Å². The standard InChI is InChI=1S/C10H13NO2.C4H10O/c12-10(13)6-7-11-8-9-4-2-1-3-5-9;1-3-5-4-2/h1-5,11H,6-8H2,(H,12,13);3-4H2,1-2H3. The second-order valence-electron chi connectivity index (χ2n) is 3.59. The van der Waals surface area contributed by atoms with E-state index in [0.29, 0.717) is 6.54 Å². The van der Waals surface area contributed by atoms with E-state index >= 15 is 0 Å². The van der Waals surface area contributed by atoms with Gasteiger partial charge < -0.3 is 15.2 Å². The highest BCUT2D eigenvalue weighted by atomic mass is 16.5. The summed E-state index contributed by atoms with van der Waals surface area (Å²) < 4.78 is 4.83. The highest BCUT2D eigenvalue weighted by molar-refractivity contribution is 5.66. The highest BCUT2D eigenvalue weighted by Gasteiger charge is 1.95. The second kappa shape index (κ2) is 12.1. The molecule has 0 saturated heterocycles. The van der Waals surface area contributed by atoms with E-state index in [1.807, 2.05) is 44.2 Å². The van der Waals surface area contributed by atoms with Crippen LogP contribution in [-0.4, -0.2) is 30.8 Å². The minimum Gasteiger partial charge on any atom is -0.481 e. The van der Waals surface area contributed by atoms with Crippen molar-refractivity contribution in [2.75, 3.05) is 19.8 Å². The molecule has 0 bridgehead atoms. The summed E-state index contributed by atoms with van der Waals surface area (Å²) in [4.78, 5) is 10.2. The van der Waals surface area contributed by atoms with Gasteiger partial charge in [0.2, 0.25) is 0 Å². The first-order valence-corrected chi connectivity index (χ1v) is 6.24. The largest absolute Gasteiger partial charge is 0.481 e. The first-order chi connectivity index (χ1) is 8.70. The molecular formula is C14H23NO3. The van der Waals surface area contributed by atoms with Crippen LogP contribution in [0.4, 0.5) is 0 Å². The van der Waals surface area contributed by atoms with Gasteiger partial charge in [0.15, 0.2) is 0 Å². The molecule has 0 aliphatic heterocycles. The molecule has 0 spiro atoms. The monoisotopic (exact) mass is 253 g/mol. The molecule has 2 N–H and O–H groups in total. The summed E-state index contributed by atoms with van der Waals surface area (Å²) in [7, 11) is 0. The first-order valence-electron chi connectivity index (χ1n) is 6.24. The molecule has 0 aromatic heterocycles.